The molecule has 0 unspecified atom stereocenters. The molecule has 136 valence electrons. The number of hydrogen-bond acceptors (Lipinski definition) is 8. The smallest absolute Gasteiger partial charge is 0.361 e. The molecular formula is C15H22N6O4. The van der Waals surface area contributed by atoms with Gasteiger partial charge in [-0.15, -0.1) is 10.2 Å². The molecule has 2 rings (SSSR count). The van der Waals surface area contributed by atoms with E-state index in [1.165, 1.54) is 7.11 Å². The summed E-state index contributed by atoms with van der Waals surface area (Å²) < 4.78 is 13.0. The third-order valence-corrected chi connectivity index (χ3v) is 3.10. The van der Waals surface area contributed by atoms with Crippen molar-refractivity contribution in [1.29, 1.82) is 0 Å². The third-order valence-electron chi connectivity index (χ3n) is 3.10. The highest BCUT2D eigenvalue weighted by atomic mass is 16.6. The van der Waals surface area contributed by atoms with Gasteiger partial charge in [-0.2, -0.15) is 0 Å². The van der Waals surface area contributed by atoms with Crippen LogP contribution in [0.25, 0.3) is 0 Å². The number of aromatic nitrogens is 6. The van der Waals surface area contributed by atoms with E-state index in [0.29, 0.717) is 13.1 Å². The molecule has 0 aromatic carbocycles. The Bertz CT molecular complexity index is 730. The second-order valence-corrected chi connectivity index (χ2v) is 6.43. The van der Waals surface area contributed by atoms with Crippen molar-refractivity contribution >= 4 is 11.9 Å². The lowest BCUT2D eigenvalue weighted by Gasteiger charge is -2.18. The van der Waals surface area contributed by atoms with E-state index < -0.39 is 17.5 Å². The predicted octanol–water partition coefficient (Wildman–Crippen LogP) is 1.09. The van der Waals surface area contributed by atoms with Crippen molar-refractivity contribution in [1.82, 2.24) is 30.0 Å². The van der Waals surface area contributed by atoms with Crippen LogP contribution in [0.4, 0.5) is 0 Å². The number of ether oxygens (including phenoxy) is 2. The van der Waals surface area contributed by atoms with E-state index in [4.69, 9.17) is 4.74 Å². The van der Waals surface area contributed by atoms with Gasteiger partial charge in [-0.05, 0) is 33.6 Å². The number of hydrogen-bond donors (Lipinski definition) is 0. The minimum absolute atomic E-state index is 0.181. The third kappa shape index (κ3) is 5.66. The second-order valence-electron chi connectivity index (χ2n) is 6.43. The van der Waals surface area contributed by atoms with Crippen LogP contribution in [-0.4, -0.2) is 54.6 Å². The number of carbonyl (C=O) groups is 2. The second kappa shape index (κ2) is 7.86. The van der Waals surface area contributed by atoms with Crippen molar-refractivity contribution in [3.63, 3.8) is 0 Å². The van der Waals surface area contributed by atoms with Crippen LogP contribution in [0.2, 0.25) is 0 Å². The molecule has 2 heterocycles. The van der Waals surface area contributed by atoms with Crippen LogP contribution in [0.1, 0.15) is 54.6 Å². The van der Waals surface area contributed by atoms with Crippen molar-refractivity contribution in [3.8, 4) is 0 Å². The number of nitrogens with zero attached hydrogens (tertiary/aromatic N) is 6. The van der Waals surface area contributed by atoms with Crippen LogP contribution in [0.15, 0.2) is 12.4 Å². The van der Waals surface area contributed by atoms with Gasteiger partial charge in [0.05, 0.1) is 19.5 Å². The molecule has 0 spiro atoms. The first-order valence-corrected chi connectivity index (χ1v) is 7.90. The summed E-state index contributed by atoms with van der Waals surface area (Å²) in [6, 6.07) is 0. The van der Waals surface area contributed by atoms with Crippen LogP contribution in [0.3, 0.4) is 0 Å². The Balaban J connectivity index is 1.76. The zero-order valence-corrected chi connectivity index (χ0v) is 14.8. The highest BCUT2D eigenvalue weighted by molar-refractivity contribution is 5.87. The highest BCUT2D eigenvalue weighted by Gasteiger charge is 2.20. The fourth-order valence-electron chi connectivity index (χ4n) is 1.98. The Hall–Kier alpha value is -2.78. The van der Waals surface area contributed by atoms with Gasteiger partial charge in [0, 0.05) is 13.1 Å². The normalized spacial score (nSPS) is 11.4. The minimum atomic E-state index is -0.568. The summed E-state index contributed by atoms with van der Waals surface area (Å²) in [6.07, 6.45) is 4.71. The Kier molecular flexibility index (Phi) is 5.84. The van der Waals surface area contributed by atoms with Crippen LogP contribution in [0, 0.1) is 0 Å². The summed E-state index contributed by atoms with van der Waals surface area (Å²) in [5, 5.41) is 15.3. The van der Waals surface area contributed by atoms with Gasteiger partial charge in [0.2, 0.25) is 0 Å². The zero-order valence-electron chi connectivity index (χ0n) is 14.8. The Labute approximate surface area is 145 Å². The Morgan fingerprint density at radius 1 is 0.960 bits per heavy atom. The molecule has 2 aromatic rings. The average molecular weight is 350 g/mol. The SMILES string of the molecule is COC(=O)c1cn(CCCCn2cc(C(=O)OC(C)(C)C)nn2)nn1. The molecule has 2 aromatic heterocycles. The fourth-order valence-corrected chi connectivity index (χ4v) is 1.98. The number of rotatable bonds is 7. The molecule has 10 heteroatoms. The summed E-state index contributed by atoms with van der Waals surface area (Å²) >= 11 is 0. The first-order valence-electron chi connectivity index (χ1n) is 7.90. The summed E-state index contributed by atoms with van der Waals surface area (Å²) in [4.78, 5) is 23.2. The van der Waals surface area contributed by atoms with Gasteiger partial charge in [-0.1, -0.05) is 10.4 Å². The van der Waals surface area contributed by atoms with E-state index in [1.54, 1.807) is 42.5 Å². The summed E-state index contributed by atoms with van der Waals surface area (Å²) in [6.45, 7) is 6.60. The van der Waals surface area contributed by atoms with E-state index in [-0.39, 0.29) is 11.4 Å². The molecule has 0 aliphatic carbocycles. The highest BCUT2D eigenvalue weighted by Crippen LogP contribution is 2.10. The number of esters is 2. The molecule has 10 nitrogen and oxygen atoms in total. The van der Waals surface area contributed by atoms with E-state index in [2.05, 4.69) is 25.4 Å². The van der Waals surface area contributed by atoms with Gasteiger partial charge in [-0.25, -0.2) is 9.59 Å². The molecule has 0 amide bonds. The number of carbonyl (C=O) groups excluding carboxylic acids is 2. The molecule has 25 heavy (non-hydrogen) atoms. The monoisotopic (exact) mass is 350 g/mol. The van der Waals surface area contributed by atoms with E-state index in [0.717, 1.165) is 12.8 Å². The molecule has 0 saturated heterocycles. The lowest BCUT2D eigenvalue weighted by molar-refractivity contribution is 0.00625. The summed E-state index contributed by atoms with van der Waals surface area (Å²) in [5.41, 5.74) is -0.198. The lowest BCUT2D eigenvalue weighted by Crippen LogP contribution is -2.24. The quantitative estimate of drug-likeness (QED) is 0.538. The van der Waals surface area contributed by atoms with Gasteiger partial charge in [0.25, 0.3) is 0 Å². The molecular weight excluding hydrogens is 328 g/mol. The van der Waals surface area contributed by atoms with Gasteiger partial charge in [-0.3, -0.25) is 9.36 Å². The molecule has 0 fully saturated rings. The maximum atomic E-state index is 11.9. The maximum absolute atomic E-state index is 11.9. The maximum Gasteiger partial charge on any atom is 0.361 e. The summed E-state index contributed by atoms with van der Waals surface area (Å²) in [7, 11) is 1.30. The van der Waals surface area contributed by atoms with Crippen LogP contribution in [0.5, 0.6) is 0 Å². The van der Waals surface area contributed by atoms with Gasteiger partial charge < -0.3 is 9.47 Å². The summed E-state index contributed by atoms with van der Waals surface area (Å²) in [5.74, 6) is -1.000. The number of aryl methyl sites for hydroxylation is 2. The first-order chi connectivity index (χ1) is 11.8. The van der Waals surface area contributed by atoms with Crippen molar-refractivity contribution in [2.75, 3.05) is 7.11 Å². The fraction of sp³-hybridized carbons (Fsp3) is 0.600. The van der Waals surface area contributed by atoms with Crippen LogP contribution < -0.4 is 0 Å². The number of unbranched alkanes of at least 4 members (excludes halogenated alkanes) is 1. The van der Waals surface area contributed by atoms with E-state index in [1.807, 2.05) is 0 Å². The zero-order chi connectivity index (χ0) is 18.4. The van der Waals surface area contributed by atoms with Crippen LogP contribution in [-0.2, 0) is 22.6 Å². The number of methoxy groups -OCH3 is 1. The lowest BCUT2D eigenvalue weighted by atomic mass is 10.2. The largest absolute Gasteiger partial charge is 0.464 e. The Morgan fingerprint density at radius 3 is 1.88 bits per heavy atom. The first kappa shape index (κ1) is 18.6. The molecule has 0 saturated carbocycles. The van der Waals surface area contributed by atoms with Gasteiger partial charge >= 0.3 is 11.9 Å². The molecule has 0 N–H and O–H groups in total. The predicted molar refractivity (Wildman–Crippen MR) is 85.8 cm³/mol. The molecule has 0 aliphatic rings. The van der Waals surface area contributed by atoms with Gasteiger partial charge in [0.15, 0.2) is 11.4 Å². The Morgan fingerprint density at radius 2 is 1.44 bits per heavy atom. The van der Waals surface area contributed by atoms with Crippen molar-refractivity contribution in [2.24, 2.45) is 0 Å². The van der Waals surface area contributed by atoms with E-state index in [9.17, 15) is 9.59 Å². The molecule has 0 aliphatic heterocycles. The van der Waals surface area contributed by atoms with Crippen molar-refractivity contribution < 1.29 is 19.1 Å². The van der Waals surface area contributed by atoms with Crippen LogP contribution >= 0.6 is 0 Å². The van der Waals surface area contributed by atoms with Crippen molar-refractivity contribution in [2.45, 2.75) is 52.3 Å². The molecule has 0 radical (unpaired) electrons. The topological polar surface area (TPSA) is 114 Å². The molecule has 0 bridgehead atoms. The molecule has 0 atom stereocenters. The van der Waals surface area contributed by atoms with Crippen molar-refractivity contribution in [3.05, 3.63) is 23.8 Å². The minimum Gasteiger partial charge on any atom is -0.464 e. The van der Waals surface area contributed by atoms with Gasteiger partial charge in [0.1, 0.15) is 5.60 Å². The average Bonchev–Trinajstić information content (AvgIpc) is 3.18. The standard InChI is InChI=1S/C15H22N6O4/c1-15(2,3)25-14(23)12-10-21(19-17-12)8-6-5-7-20-9-11(16-18-20)13(22)24-4/h9-10H,5-8H2,1-4H3. The van der Waals surface area contributed by atoms with E-state index >= 15 is 0 Å².